The van der Waals surface area contributed by atoms with Gasteiger partial charge in [0.1, 0.15) is 11.9 Å². The fourth-order valence-corrected chi connectivity index (χ4v) is 3.10. The number of methoxy groups -OCH3 is 1. The van der Waals surface area contributed by atoms with E-state index in [9.17, 15) is 0 Å². The van der Waals surface area contributed by atoms with Crippen LogP contribution in [0.3, 0.4) is 0 Å². The lowest BCUT2D eigenvalue weighted by molar-refractivity contribution is 0.0210. The maximum absolute atomic E-state index is 6.08. The van der Waals surface area contributed by atoms with Crippen LogP contribution >= 0.6 is 15.9 Å². The van der Waals surface area contributed by atoms with Crippen molar-refractivity contribution in [3.8, 4) is 5.75 Å². The molecule has 0 amide bonds. The van der Waals surface area contributed by atoms with Crippen molar-refractivity contribution in [3.63, 3.8) is 0 Å². The van der Waals surface area contributed by atoms with E-state index >= 15 is 0 Å². The number of anilines is 1. The van der Waals surface area contributed by atoms with Crippen molar-refractivity contribution < 1.29 is 9.47 Å². The van der Waals surface area contributed by atoms with Crippen LogP contribution in [0.2, 0.25) is 0 Å². The second kappa shape index (κ2) is 5.93. The molecular weight excluding hydrogens is 294 g/mol. The molecule has 1 aromatic rings. The standard InChI is InChI=1S/C14H20BrNO2/c1-9-6-10(15)7-13(16)14(9)18-12-5-3-4-11(8-12)17-2/h6-7,11-12H,3-5,8,16H2,1-2H3. The van der Waals surface area contributed by atoms with Crippen LogP contribution in [0.1, 0.15) is 31.2 Å². The van der Waals surface area contributed by atoms with E-state index in [0.717, 1.165) is 41.5 Å². The smallest absolute Gasteiger partial charge is 0.145 e. The molecule has 18 heavy (non-hydrogen) atoms. The van der Waals surface area contributed by atoms with Crippen LogP contribution in [0.4, 0.5) is 5.69 Å². The first kappa shape index (κ1) is 13.7. The molecule has 2 atom stereocenters. The molecule has 0 saturated heterocycles. The summed E-state index contributed by atoms with van der Waals surface area (Å²) < 4.78 is 12.5. The van der Waals surface area contributed by atoms with E-state index in [0.29, 0.717) is 11.8 Å². The highest BCUT2D eigenvalue weighted by atomic mass is 79.9. The molecular formula is C14H20BrNO2. The van der Waals surface area contributed by atoms with Gasteiger partial charge in [-0.05, 0) is 43.9 Å². The molecule has 3 nitrogen and oxygen atoms in total. The third kappa shape index (κ3) is 3.18. The SMILES string of the molecule is COC1CCCC(Oc2c(C)cc(Br)cc2N)C1. The van der Waals surface area contributed by atoms with Gasteiger partial charge in [0.15, 0.2) is 0 Å². The van der Waals surface area contributed by atoms with Gasteiger partial charge in [-0.25, -0.2) is 0 Å². The van der Waals surface area contributed by atoms with E-state index in [1.54, 1.807) is 7.11 Å². The highest BCUT2D eigenvalue weighted by molar-refractivity contribution is 9.10. The number of nitrogens with two attached hydrogens (primary N) is 1. The molecule has 0 spiro atoms. The molecule has 1 fully saturated rings. The lowest BCUT2D eigenvalue weighted by Crippen LogP contribution is -2.29. The lowest BCUT2D eigenvalue weighted by Gasteiger charge is -2.29. The quantitative estimate of drug-likeness (QED) is 0.866. The Hall–Kier alpha value is -0.740. The van der Waals surface area contributed by atoms with Gasteiger partial charge in [0.25, 0.3) is 0 Å². The molecule has 1 aliphatic carbocycles. The Morgan fingerprint density at radius 3 is 2.67 bits per heavy atom. The van der Waals surface area contributed by atoms with Crippen molar-refractivity contribution in [2.45, 2.75) is 44.8 Å². The van der Waals surface area contributed by atoms with Crippen LogP contribution in [0.5, 0.6) is 5.75 Å². The molecule has 1 aliphatic rings. The van der Waals surface area contributed by atoms with E-state index in [-0.39, 0.29) is 6.10 Å². The van der Waals surface area contributed by atoms with Gasteiger partial charge in [-0.1, -0.05) is 15.9 Å². The fraction of sp³-hybridized carbons (Fsp3) is 0.571. The van der Waals surface area contributed by atoms with Crippen molar-refractivity contribution in [3.05, 3.63) is 22.2 Å². The zero-order valence-corrected chi connectivity index (χ0v) is 12.5. The normalized spacial score (nSPS) is 23.9. The summed E-state index contributed by atoms with van der Waals surface area (Å²) in [6, 6.07) is 3.92. The summed E-state index contributed by atoms with van der Waals surface area (Å²) in [6.45, 7) is 2.02. The molecule has 0 aromatic heterocycles. The van der Waals surface area contributed by atoms with Crippen molar-refractivity contribution in [2.24, 2.45) is 0 Å². The van der Waals surface area contributed by atoms with Crippen LogP contribution in [0.25, 0.3) is 0 Å². The van der Waals surface area contributed by atoms with Gasteiger partial charge in [-0.2, -0.15) is 0 Å². The van der Waals surface area contributed by atoms with E-state index in [2.05, 4.69) is 15.9 Å². The third-order valence-corrected chi connectivity index (χ3v) is 3.92. The molecule has 0 aliphatic heterocycles. The number of aryl methyl sites for hydroxylation is 1. The summed E-state index contributed by atoms with van der Waals surface area (Å²) in [5.74, 6) is 0.819. The molecule has 0 radical (unpaired) electrons. The Morgan fingerprint density at radius 1 is 1.28 bits per heavy atom. The fourth-order valence-electron chi connectivity index (χ4n) is 2.51. The summed E-state index contributed by atoms with van der Waals surface area (Å²) in [5, 5.41) is 0. The van der Waals surface area contributed by atoms with Crippen LogP contribution in [0.15, 0.2) is 16.6 Å². The first-order valence-corrected chi connectivity index (χ1v) is 7.14. The van der Waals surface area contributed by atoms with Crippen molar-refractivity contribution in [1.29, 1.82) is 0 Å². The van der Waals surface area contributed by atoms with Gasteiger partial charge in [-0.3, -0.25) is 0 Å². The molecule has 0 heterocycles. The first-order valence-electron chi connectivity index (χ1n) is 6.35. The molecule has 0 bridgehead atoms. The predicted molar refractivity (Wildman–Crippen MR) is 77.0 cm³/mol. The van der Waals surface area contributed by atoms with Gasteiger partial charge >= 0.3 is 0 Å². The number of rotatable bonds is 3. The highest BCUT2D eigenvalue weighted by Gasteiger charge is 2.24. The van der Waals surface area contributed by atoms with Crippen molar-refractivity contribution in [1.82, 2.24) is 0 Å². The number of halogens is 1. The molecule has 2 N–H and O–H groups in total. The Balaban J connectivity index is 2.09. The summed E-state index contributed by atoms with van der Waals surface area (Å²) >= 11 is 3.44. The van der Waals surface area contributed by atoms with Gasteiger partial charge < -0.3 is 15.2 Å². The highest BCUT2D eigenvalue weighted by Crippen LogP contribution is 2.33. The zero-order valence-electron chi connectivity index (χ0n) is 10.9. The third-order valence-electron chi connectivity index (χ3n) is 3.46. The van der Waals surface area contributed by atoms with Gasteiger partial charge in [-0.15, -0.1) is 0 Å². The maximum Gasteiger partial charge on any atom is 0.145 e. The Morgan fingerprint density at radius 2 is 2.00 bits per heavy atom. The van der Waals surface area contributed by atoms with E-state index < -0.39 is 0 Å². The Kier molecular flexibility index (Phi) is 4.51. The minimum absolute atomic E-state index is 0.214. The summed E-state index contributed by atoms with van der Waals surface area (Å²) in [7, 11) is 1.77. The lowest BCUT2D eigenvalue weighted by atomic mass is 9.95. The monoisotopic (exact) mass is 313 g/mol. The molecule has 2 unspecified atom stereocenters. The number of ether oxygens (including phenoxy) is 2. The predicted octanol–water partition coefficient (Wildman–Crippen LogP) is 3.68. The van der Waals surface area contributed by atoms with Gasteiger partial charge in [0.05, 0.1) is 11.8 Å². The van der Waals surface area contributed by atoms with Crippen LogP contribution < -0.4 is 10.5 Å². The Bertz CT molecular complexity index is 399. The minimum atomic E-state index is 0.214. The number of nitrogen functional groups attached to an aromatic ring is 1. The summed E-state index contributed by atoms with van der Waals surface area (Å²) in [6.07, 6.45) is 4.84. The van der Waals surface area contributed by atoms with E-state index in [1.165, 1.54) is 0 Å². The number of hydrogen-bond donors (Lipinski definition) is 1. The molecule has 2 rings (SSSR count). The van der Waals surface area contributed by atoms with E-state index in [4.69, 9.17) is 15.2 Å². The summed E-state index contributed by atoms with van der Waals surface area (Å²) in [4.78, 5) is 0. The maximum atomic E-state index is 6.08. The molecule has 1 saturated carbocycles. The Labute approximate surface area is 117 Å². The van der Waals surface area contributed by atoms with E-state index in [1.807, 2.05) is 19.1 Å². The second-order valence-corrected chi connectivity index (χ2v) is 5.82. The van der Waals surface area contributed by atoms with Gasteiger partial charge in [0.2, 0.25) is 0 Å². The van der Waals surface area contributed by atoms with Crippen LogP contribution in [-0.2, 0) is 4.74 Å². The molecule has 4 heteroatoms. The molecule has 100 valence electrons. The second-order valence-electron chi connectivity index (χ2n) is 4.91. The summed E-state index contributed by atoms with van der Waals surface area (Å²) in [5.41, 5.74) is 7.79. The largest absolute Gasteiger partial charge is 0.488 e. The van der Waals surface area contributed by atoms with Crippen LogP contribution in [-0.4, -0.2) is 19.3 Å². The van der Waals surface area contributed by atoms with Crippen LogP contribution in [0, 0.1) is 6.92 Å². The number of benzene rings is 1. The minimum Gasteiger partial charge on any atom is -0.488 e. The topological polar surface area (TPSA) is 44.5 Å². The average Bonchev–Trinajstić information content (AvgIpc) is 2.34. The average molecular weight is 314 g/mol. The zero-order chi connectivity index (χ0) is 13.1. The molecule has 1 aromatic carbocycles. The van der Waals surface area contributed by atoms with Crippen molar-refractivity contribution in [2.75, 3.05) is 12.8 Å². The first-order chi connectivity index (χ1) is 8.60. The number of hydrogen-bond acceptors (Lipinski definition) is 3. The van der Waals surface area contributed by atoms with Gasteiger partial charge in [0, 0.05) is 18.0 Å². The van der Waals surface area contributed by atoms with Crippen molar-refractivity contribution >= 4 is 21.6 Å².